The Morgan fingerprint density at radius 1 is 1.13 bits per heavy atom. The lowest BCUT2D eigenvalue weighted by Crippen LogP contribution is -2.69. The average molecular weight is 543 g/mol. The van der Waals surface area contributed by atoms with Crippen molar-refractivity contribution in [2.24, 2.45) is 51.8 Å². The van der Waals surface area contributed by atoms with Crippen molar-refractivity contribution in [2.45, 2.75) is 85.9 Å². The highest BCUT2D eigenvalue weighted by Gasteiger charge is 2.71. The van der Waals surface area contributed by atoms with Gasteiger partial charge < -0.3 is 18.6 Å². The second kappa shape index (κ2) is 9.48. The van der Waals surface area contributed by atoms with Crippen molar-refractivity contribution < 1.29 is 37.8 Å². The molecule has 0 N–H and O–H groups in total. The maximum Gasteiger partial charge on any atom is 0.308 e. The smallest absolute Gasteiger partial charge is 0.308 e. The number of hydrogen-bond donors (Lipinski definition) is 0. The highest BCUT2D eigenvalue weighted by atomic mass is 16.6. The van der Waals surface area contributed by atoms with Crippen LogP contribution in [0.4, 0.5) is 0 Å². The molecule has 4 fully saturated rings. The van der Waals surface area contributed by atoms with Crippen molar-refractivity contribution in [3.8, 4) is 0 Å². The van der Waals surface area contributed by atoms with Crippen LogP contribution in [0.25, 0.3) is 0 Å². The van der Waals surface area contributed by atoms with Gasteiger partial charge >= 0.3 is 17.9 Å². The van der Waals surface area contributed by atoms with Gasteiger partial charge in [-0.15, -0.1) is 0 Å². The van der Waals surface area contributed by atoms with E-state index in [0.29, 0.717) is 6.42 Å². The summed E-state index contributed by atoms with van der Waals surface area (Å²) in [7, 11) is 1.36. The zero-order chi connectivity index (χ0) is 28.5. The number of cyclic esters (lactones) is 1. The summed E-state index contributed by atoms with van der Waals surface area (Å²) in [5, 5.41) is 0. The van der Waals surface area contributed by atoms with Gasteiger partial charge in [-0.25, -0.2) is 0 Å². The van der Waals surface area contributed by atoms with E-state index < -0.39 is 29.0 Å². The first-order chi connectivity index (χ1) is 18.3. The van der Waals surface area contributed by atoms with Crippen LogP contribution in [-0.4, -0.2) is 36.9 Å². The number of carbonyl (C=O) groups excluding carboxylic acids is 4. The molecular weight excluding hydrogens is 500 g/mol. The fourth-order valence-corrected chi connectivity index (χ4v) is 9.17. The number of hydrogen-bond acceptors (Lipinski definition) is 8. The minimum Gasteiger partial charge on any atom is -0.472 e. The molecule has 0 amide bonds. The van der Waals surface area contributed by atoms with Crippen LogP contribution < -0.4 is 0 Å². The van der Waals surface area contributed by atoms with Crippen LogP contribution in [0.5, 0.6) is 0 Å². The molecule has 5 rings (SSSR count). The van der Waals surface area contributed by atoms with Crippen LogP contribution in [0.2, 0.25) is 0 Å². The molecular formula is C31H42O8. The lowest BCUT2D eigenvalue weighted by molar-refractivity contribution is -0.232. The third-order valence-corrected chi connectivity index (χ3v) is 11.2. The molecule has 214 valence electrons. The number of esters is 3. The highest BCUT2D eigenvalue weighted by molar-refractivity contribution is 5.91. The fraction of sp³-hybridized carbons (Fsp3) is 0.742. The van der Waals surface area contributed by atoms with E-state index in [1.54, 1.807) is 26.4 Å². The van der Waals surface area contributed by atoms with Gasteiger partial charge in [0.15, 0.2) is 0 Å². The zero-order valence-corrected chi connectivity index (χ0v) is 24.2. The predicted octanol–water partition coefficient (Wildman–Crippen LogP) is 5.30. The molecule has 3 aliphatic carbocycles. The number of ether oxygens (including phenoxy) is 3. The number of Topliss-reactive ketones (excluding diaryl/α,β-unsaturated/α-hetero) is 1. The third-order valence-electron chi connectivity index (χ3n) is 11.2. The second-order valence-electron chi connectivity index (χ2n) is 13.7. The normalized spacial score (nSPS) is 40.8. The van der Waals surface area contributed by atoms with Crippen LogP contribution in [0, 0.1) is 51.8 Å². The van der Waals surface area contributed by atoms with Crippen LogP contribution >= 0.6 is 0 Å². The summed E-state index contributed by atoms with van der Waals surface area (Å²) in [6.45, 7) is 11.8. The highest BCUT2D eigenvalue weighted by Crippen LogP contribution is 2.70. The molecule has 0 radical (unpaired) electrons. The molecule has 0 aromatic carbocycles. The average Bonchev–Trinajstić information content (AvgIpc) is 3.41. The van der Waals surface area contributed by atoms with Crippen molar-refractivity contribution >= 4 is 23.7 Å². The van der Waals surface area contributed by atoms with Crippen LogP contribution in [-0.2, 0) is 33.4 Å². The van der Waals surface area contributed by atoms with E-state index in [-0.39, 0.29) is 71.5 Å². The van der Waals surface area contributed by atoms with Gasteiger partial charge in [0, 0.05) is 34.7 Å². The maximum atomic E-state index is 14.4. The van der Waals surface area contributed by atoms with Crippen molar-refractivity contribution in [1.29, 1.82) is 0 Å². The van der Waals surface area contributed by atoms with E-state index in [1.807, 2.05) is 26.8 Å². The Balaban J connectivity index is 1.61. The molecule has 1 aromatic heterocycles. The van der Waals surface area contributed by atoms with E-state index in [1.165, 1.54) is 7.11 Å². The van der Waals surface area contributed by atoms with Crippen LogP contribution in [0.15, 0.2) is 23.0 Å². The van der Waals surface area contributed by atoms with E-state index in [2.05, 4.69) is 6.92 Å². The molecule has 0 spiro atoms. The molecule has 8 heteroatoms. The molecule has 1 saturated heterocycles. The van der Waals surface area contributed by atoms with Gasteiger partial charge in [0.05, 0.1) is 31.5 Å². The van der Waals surface area contributed by atoms with Gasteiger partial charge in [0.25, 0.3) is 0 Å². The van der Waals surface area contributed by atoms with Crippen molar-refractivity contribution in [3.63, 3.8) is 0 Å². The van der Waals surface area contributed by atoms with Crippen LogP contribution in [0.3, 0.4) is 0 Å². The Labute approximate surface area is 230 Å². The summed E-state index contributed by atoms with van der Waals surface area (Å²) in [5.41, 5.74) is -0.940. The number of fused-ring (bicyclic) bond motifs is 6. The zero-order valence-electron chi connectivity index (χ0n) is 24.2. The summed E-state index contributed by atoms with van der Waals surface area (Å²) in [6, 6.07) is 1.86. The first kappa shape index (κ1) is 27.9. The van der Waals surface area contributed by atoms with Gasteiger partial charge in [0.1, 0.15) is 18.0 Å². The third kappa shape index (κ3) is 4.07. The summed E-state index contributed by atoms with van der Waals surface area (Å²) in [6.07, 6.45) is 4.62. The Morgan fingerprint density at radius 2 is 1.85 bits per heavy atom. The number of carbonyl (C=O) groups is 4. The van der Waals surface area contributed by atoms with Gasteiger partial charge in [-0.3, -0.25) is 19.2 Å². The Bertz CT molecular complexity index is 1150. The summed E-state index contributed by atoms with van der Waals surface area (Å²) >= 11 is 0. The number of rotatable bonds is 5. The topological polar surface area (TPSA) is 109 Å². The van der Waals surface area contributed by atoms with E-state index in [4.69, 9.17) is 18.6 Å². The predicted molar refractivity (Wildman–Crippen MR) is 140 cm³/mol. The Kier molecular flexibility index (Phi) is 6.78. The molecule has 4 aliphatic rings. The van der Waals surface area contributed by atoms with Crippen molar-refractivity contribution in [1.82, 2.24) is 0 Å². The first-order valence-electron chi connectivity index (χ1n) is 14.3. The molecule has 2 bridgehead atoms. The molecule has 1 aromatic rings. The molecule has 3 saturated carbocycles. The molecule has 2 heterocycles. The van der Waals surface area contributed by atoms with E-state index in [9.17, 15) is 19.2 Å². The van der Waals surface area contributed by atoms with E-state index >= 15 is 0 Å². The molecule has 1 aliphatic heterocycles. The quantitative estimate of drug-likeness (QED) is 0.364. The van der Waals surface area contributed by atoms with Gasteiger partial charge in [0.2, 0.25) is 0 Å². The molecule has 39 heavy (non-hydrogen) atoms. The lowest BCUT2D eigenvalue weighted by Gasteiger charge is -2.67. The largest absolute Gasteiger partial charge is 0.472 e. The summed E-state index contributed by atoms with van der Waals surface area (Å²) in [5.74, 6) is -2.12. The maximum absolute atomic E-state index is 14.4. The van der Waals surface area contributed by atoms with Crippen molar-refractivity contribution in [3.05, 3.63) is 24.2 Å². The second-order valence-corrected chi connectivity index (χ2v) is 13.7. The monoisotopic (exact) mass is 542 g/mol. The Hall–Kier alpha value is -2.64. The molecule has 2 unspecified atom stereocenters. The van der Waals surface area contributed by atoms with Gasteiger partial charge in [-0.2, -0.15) is 0 Å². The molecule has 9 atom stereocenters. The summed E-state index contributed by atoms with van der Waals surface area (Å²) < 4.78 is 22.5. The number of methoxy groups -OCH3 is 1. The SMILES string of the molecule is COC(=O)C[C@H]1C(C)(C)[C@H](OC(=O)C(C)C)[C@@H]2CC3C4CC(=O)O[C@@H](c5ccoc5)[C@]4(C)CC[C@@H]3[C@@]1(C)C2=O. The summed E-state index contributed by atoms with van der Waals surface area (Å²) in [4.78, 5) is 53.1. The number of furan rings is 1. The van der Waals surface area contributed by atoms with Gasteiger partial charge in [-0.05, 0) is 49.0 Å². The van der Waals surface area contributed by atoms with Gasteiger partial charge in [-0.1, -0.05) is 41.5 Å². The van der Waals surface area contributed by atoms with E-state index in [0.717, 1.165) is 18.4 Å². The first-order valence-corrected chi connectivity index (χ1v) is 14.3. The lowest BCUT2D eigenvalue weighted by atomic mass is 9.37. The van der Waals surface area contributed by atoms with Crippen molar-refractivity contribution in [2.75, 3.05) is 7.11 Å². The number of ketones is 1. The minimum absolute atomic E-state index is 0.00842. The standard InChI is InChI=1S/C31H42O8/c1-16(2)28(35)39-27-19-12-18-20(31(6,25(19)34)22(29(27,3)4)14-23(32)36-7)8-10-30(5)21(18)13-24(33)38-26(30)17-9-11-37-15-17/h9,11,15-16,18-22,26-27H,8,10,12-14H2,1-7H3/t18?,19-,20+,21?,22+,26+,27-,30-,31-/m1/s1. The molecule has 8 nitrogen and oxygen atoms in total. The van der Waals surface area contributed by atoms with Crippen LogP contribution in [0.1, 0.15) is 85.3 Å². The minimum atomic E-state index is -0.820. The fourth-order valence-electron chi connectivity index (χ4n) is 9.17. The Morgan fingerprint density at radius 3 is 2.46 bits per heavy atom.